The van der Waals surface area contributed by atoms with E-state index in [4.69, 9.17) is 15.2 Å². The third kappa shape index (κ3) is 2.65. The summed E-state index contributed by atoms with van der Waals surface area (Å²) in [6.07, 6.45) is 1.92. The molecular formula is C14H18FNO3S. The molecule has 20 heavy (non-hydrogen) atoms. The second-order valence-corrected chi connectivity index (χ2v) is 6.98. The molecule has 2 fully saturated rings. The molecule has 110 valence electrons. The predicted octanol–water partition coefficient (Wildman–Crippen LogP) is 1.56. The number of halogens is 1. The van der Waals surface area contributed by atoms with Gasteiger partial charge in [0.05, 0.1) is 29.3 Å². The Balaban J connectivity index is 1.82. The predicted molar refractivity (Wildman–Crippen MR) is 73.1 cm³/mol. The van der Waals surface area contributed by atoms with Gasteiger partial charge in [0.1, 0.15) is 5.82 Å². The Kier molecular flexibility index (Phi) is 3.90. The summed E-state index contributed by atoms with van der Waals surface area (Å²) in [5.74, 6) is -1.02. The van der Waals surface area contributed by atoms with Crippen LogP contribution in [-0.2, 0) is 20.3 Å². The molecule has 1 heterocycles. The molecule has 6 heteroatoms. The highest BCUT2D eigenvalue weighted by atomic mass is 32.2. The number of rotatable bonds is 2. The molecule has 4 nitrogen and oxygen atoms in total. The minimum Gasteiger partial charge on any atom is -0.347 e. The Morgan fingerprint density at radius 1 is 1.35 bits per heavy atom. The largest absolute Gasteiger partial charge is 0.347 e. The zero-order chi connectivity index (χ0) is 14.2. The van der Waals surface area contributed by atoms with Crippen molar-refractivity contribution in [2.75, 3.05) is 13.2 Å². The van der Waals surface area contributed by atoms with E-state index in [2.05, 4.69) is 0 Å². The highest BCUT2D eigenvalue weighted by molar-refractivity contribution is 7.85. The van der Waals surface area contributed by atoms with Crippen LogP contribution in [0.1, 0.15) is 19.3 Å². The Labute approximate surface area is 119 Å². The number of nitrogens with two attached hydrogens (primary N) is 1. The van der Waals surface area contributed by atoms with Crippen LogP contribution in [0.5, 0.6) is 0 Å². The second-order valence-electron chi connectivity index (χ2n) is 5.31. The minimum atomic E-state index is -1.36. The van der Waals surface area contributed by atoms with Crippen molar-refractivity contribution in [3.05, 3.63) is 30.1 Å². The van der Waals surface area contributed by atoms with E-state index < -0.39 is 16.6 Å². The first-order valence-electron chi connectivity index (χ1n) is 6.79. The van der Waals surface area contributed by atoms with Crippen molar-refractivity contribution < 1.29 is 18.1 Å². The van der Waals surface area contributed by atoms with Crippen molar-refractivity contribution in [2.24, 2.45) is 5.73 Å². The first kappa shape index (κ1) is 14.1. The molecule has 2 aliphatic rings. The zero-order valence-electron chi connectivity index (χ0n) is 11.1. The van der Waals surface area contributed by atoms with Gasteiger partial charge < -0.3 is 15.2 Å². The Morgan fingerprint density at radius 3 is 2.80 bits per heavy atom. The first-order chi connectivity index (χ1) is 9.60. The van der Waals surface area contributed by atoms with Crippen molar-refractivity contribution in [3.63, 3.8) is 0 Å². The van der Waals surface area contributed by atoms with Gasteiger partial charge >= 0.3 is 0 Å². The lowest BCUT2D eigenvalue weighted by Gasteiger charge is -2.39. The van der Waals surface area contributed by atoms with Crippen LogP contribution in [0.15, 0.2) is 29.2 Å². The van der Waals surface area contributed by atoms with Gasteiger partial charge in [-0.25, -0.2) is 4.39 Å². The summed E-state index contributed by atoms with van der Waals surface area (Å²) >= 11 is 0. The lowest BCUT2D eigenvalue weighted by atomic mass is 9.90. The highest BCUT2D eigenvalue weighted by Crippen LogP contribution is 2.38. The fraction of sp³-hybridized carbons (Fsp3) is 0.571. The molecule has 1 aliphatic heterocycles. The van der Waals surface area contributed by atoms with E-state index in [9.17, 15) is 8.60 Å². The van der Waals surface area contributed by atoms with Crippen LogP contribution in [0.2, 0.25) is 0 Å². The van der Waals surface area contributed by atoms with E-state index in [1.54, 1.807) is 12.1 Å². The fourth-order valence-electron chi connectivity index (χ4n) is 2.89. The minimum absolute atomic E-state index is 0.183. The molecule has 0 bridgehead atoms. The molecule has 1 aromatic carbocycles. The summed E-state index contributed by atoms with van der Waals surface area (Å²) in [4.78, 5) is 0.473. The molecule has 0 amide bonds. The molecule has 1 aliphatic carbocycles. The average Bonchev–Trinajstić information content (AvgIpc) is 2.89. The third-order valence-electron chi connectivity index (χ3n) is 3.97. The van der Waals surface area contributed by atoms with E-state index in [0.717, 1.165) is 6.42 Å². The van der Waals surface area contributed by atoms with Crippen molar-refractivity contribution in [1.29, 1.82) is 0 Å². The van der Waals surface area contributed by atoms with E-state index in [-0.39, 0.29) is 17.1 Å². The Hall–Kier alpha value is -0.820. The number of hydrogen-bond acceptors (Lipinski definition) is 4. The van der Waals surface area contributed by atoms with Gasteiger partial charge in [-0.1, -0.05) is 6.07 Å². The van der Waals surface area contributed by atoms with Crippen LogP contribution < -0.4 is 5.73 Å². The van der Waals surface area contributed by atoms with Gasteiger partial charge in [-0.05, 0) is 24.6 Å². The zero-order valence-corrected chi connectivity index (χ0v) is 11.9. The molecule has 1 aromatic rings. The van der Waals surface area contributed by atoms with Gasteiger partial charge in [-0.15, -0.1) is 0 Å². The van der Waals surface area contributed by atoms with Crippen LogP contribution >= 0.6 is 0 Å². The molecule has 0 aromatic heterocycles. The van der Waals surface area contributed by atoms with Gasteiger partial charge in [-0.3, -0.25) is 4.21 Å². The molecule has 3 atom stereocenters. The third-order valence-corrected chi connectivity index (χ3v) is 5.75. The monoisotopic (exact) mass is 299 g/mol. The maximum atomic E-state index is 13.3. The lowest BCUT2D eigenvalue weighted by molar-refractivity contribution is -0.177. The summed E-state index contributed by atoms with van der Waals surface area (Å²) < 4.78 is 37.3. The summed E-state index contributed by atoms with van der Waals surface area (Å²) in [6, 6.07) is 5.70. The summed E-state index contributed by atoms with van der Waals surface area (Å²) in [7, 11) is -1.36. The van der Waals surface area contributed by atoms with Crippen LogP contribution in [0.3, 0.4) is 0 Å². The van der Waals surface area contributed by atoms with Crippen molar-refractivity contribution in [2.45, 2.75) is 41.2 Å². The molecule has 3 unspecified atom stereocenters. The molecule has 2 N–H and O–H groups in total. The molecular weight excluding hydrogens is 281 g/mol. The number of hydrogen-bond donors (Lipinski definition) is 1. The maximum absolute atomic E-state index is 13.3. The van der Waals surface area contributed by atoms with E-state index in [1.165, 1.54) is 12.1 Å². The van der Waals surface area contributed by atoms with Crippen LogP contribution in [0.25, 0.3) is 0 Å². The lowest BCUT2D eigenvalue weighted by Crippen LogP contribution is -2.50. The van der Waals surface area contributed by atoms with Crippen LogP contribution in [-0.4, -0.2) is 34.5 Å². The van der Waals surface area contributed by atoms with Crippen molar-refractivity contribution >= 4 is 10.8 Å². The summed E-state index contributed by atoms with van der Waals surface area (Å²) in [6.45, 7) is 1.13. The molecule has 1 spiro atoms. The van der Waals surface area contributed by atoms with Gasteiger partial charge in [-0.2, -0.15) is 0 Å². The molecule has 1 saturated carbocycles. The molecule has 0 radical (unpaired) electrons. The van der Waals surface area contributed by atoms with Gasteiger partial charge in [0.2, 0.25) is 0 Å². The molecule has 1 saturated heterocycles. The maximum Gasteiger partial charge on any atom is 0.169 e. The van der Waals surface area contributed by atoms with E-state index >= 15 is 0 Å². The number of ether oxygens (including phenoxy) is 2. The topological polar surface area (TPSA) is 61.6 Å². The summed E-state index contributed by atoms with van der Waals surface area (Å²) in [5.41, 5.74) is 6.11. The molecule has 3 rings (SSSR count). The SMILES string of the molecule is NC1CCC2(CC1S(=O)c1cccc(F)c1)OCCO2. The average molecular weight is 299 g/mol. The second kappa shape index (κ2) is 5.52. The van der Waals surface area contributed by atoms with E-state index in [1.807, 2.05) is 0 Å². The van der Waals surface area contributed by atoms with Crippen molar-refractivity contribution in [1.82, 2.24) is 0 Å². The first-order valence-corrected chi connectivity index (χ1v) is 8.01. The van der Waals surface area contributed by atoms with Gasteiger partial charge in [0.15, 0.2) is 5.79 Å². The normalized spacial score (nSPS) is 30.5. The van der Waals surface area contributed by atoms with Crippen LogP contribution in [0.4, 0.5) is 4.39 Å². The quantitative estimate of drug-likeness (QED) is 0.900. The van der Waals surface area contributed by atoms with E-state index in [0.29, 0.717) is 31.0 Å². The smallest absolute Gasteiger partial charge is 0.169 e. The van der Waals surface area contributed by atoms with Gasteiger partial charge in [0.25, 0.3) is 0 Å². The standard InChI is InChI=1S/C14H18FNO3S/c15-10-2-1-3-11(8-10)20(17)13-9-14(5-4-12(13)16)18-6-7-19-14/h1-3,8,12-13H,4-7,9,16H2. The van der Waals surface area contributed by atoms with Crippen LogP contribution in [0, 0.1) is 5.82 Å². The van der Waals surface area contributed by atoms with Crippen molar-refractivity contribution in [3.8, 4) is 0 Å². The van der Waals surface area contributed by atoms with Gasteiger partial charge in [0, 0.05) is 23.8 Å². The fourth-order valence-corrected chi connectivity index (χ4v) is 4.54. The highest BCUT2D eigenvalue weighted by Gasteiger charge is 2.46. The Morgan fingerprint density at radius 2 is 2.10 bits per heavy atom. The summed E-state index contributed by atoms with van der Waals surface area (Å²) in [5, 5.41) is -0.274. The Bertz CT molecular complexity index is 519. The number of benzene rings is 1.